The maximum Gasteiger partial charge on any atom is 0.0489 e. The third-order valence-corrected chi connectivity index (χ3v) is 4.53. The van der Waals surface area contributed by atoms with E-state index in [2.05, 4.69) is 71.6 Å². The molecule has 3 rings (SSSR count). The van der Waals surface area contributed by atoms with Crippen LogP contribution < -0.4 is 0 Å². The molecule has 0 saturated heterocycles. The molecule has 3 heteroatoms. The fourth-order valence-corrected chi connectivity index (χ4v) is 3.19. The lowest BCUT2D eigenvalue weighted by Gasteiger charge is -2.19. The molecule has 0 aliphatic rings. The first kappa shape index (κ1) is 17.4. The van der Waals surface area contributed by atoms with Crippen molar-refractivity contribution in [1.82, 2.24) is 14.7 Å². The minimum absolute atomic E-state index is 0.990. The molecule has 0 amide bonds. The molecule has 130 valence electrons. The molecule has 0 N–H and O–H groups in total. The van der Waals surface area contributed by atoms with Gasteiger partial charge in [-0.1, -0.05) is 61.0 Å². The van der Waals surface area contributed by atoms with Crippen molar-refractivity contribution in [3.05, 3.63) is 78.6 Å². The zero-order chi connectivity index (χ0) is 17.3. The Bertz CT molecular complexity index is 735. The van der Waals surface area contributed by atoms with Gasteiger partial charge in [0.1, 0.15) is 0 Å². The third-order valence-electron chi connectivity index (χ3n) is 4.53. The van der Waals surface area contributed by atoms with Gasteiger partial charge >= 0.3 is 0 Å². The molecule has 0 aliphatic carbocycles. The van der Waals surface area contributed by atoms with Gasteiger partial charge in [-0.15, -0.1) is 0 Å². The molecule has 0 fully saturated rings. The highest BCUT2D eigenvalue weighted by molar-refractivity contribution is 5.67. The monoisotopic (exact) mass is 333 g/mol. The van der Waals surface area contributed by atoms with Crippen molar-refractivity contribution in [3.8, 4) is 11.1 Å². The van der Waals surface area contributed by atoms with Gasteiger partial charge in [-0.05, 0) is 49.2 Å². The van der Waals surface area contributed by atoms with Gasteiger partial charge in [-0.25, -0.2) is 0 Å². The van der Waals surface area contributed by atoms with Crippen LogP contribution in [0.2, 0.25) is 0 Å². The van der Waals surface area contributed by atoms with E-state index in [1.807, 2.05) is 23.1 Å². The molecule has 0 bridgehead atoms. The first-order chi connectivity index (χ1) is 12.3. The van der Waals surface area contributed by atoms with E-state index in [-0.39, 0.29) is 0 Å². The Morgan fingerprint density at radius 1 is 0.880 bits per heavy atom. The lowest BCUT2D eigenvalue weighted by Crippen LogP contribution is -2.19. The van der Waals surface area contributed by atoms with Crippen LogP contribution in [-0.4, -0.2) is 28.3 Å². The van der Waals surface area contributed by atoms with Crippen molar-refractivity contribution >= 4 is 0 Å². The minimum Gasteiger partial charge on any atom is -0.302 e. The van der Waals surface area contributed by atoms with Gasteiger partial charge in [0.2, 0.25) is 0 Å². The molecule has 25 heavy (non-hydrogen) atoms. The van der Waals surface area contributed by atoms with E-state index in [9.17, 15) is 0 Å². The SMILES string of the molecule is CN(CCCCCn1cccn1)Cc1ccccc1-c1ccccc1. The Labute approximate surface area is 150 Å². The number of benzene rings is 2. The van der Waals surface area contributed by atoms with Crippen LogP contribution >= 0.6 is 0 Å². The topological polar surface area (TPSA) is 21.1 Å². The Hall–Kier alpha value is -2.39. The molecule has 2 aromatic carbocycles. The average molecular weight is 333 g/mol. The molecular weight excluding hydrogens is 306 g/mol. The van der Waals surface area contributed by atoms with Crippen molar-refractivity contribution < 1.29 is 0 Å². The zero-order valence-corrected chi connectivity index (χ0v) is 15.0. The molecule has 3 aromatic rings. The molecule has 0 radical (unpaired) electrons. The van der Waals surface area contributed by atoms with Crippen LogP contribution in [0.4, 0.5) is 0 Å². The predicted molar refractivity (Wildman–Crippen MR) is 104 cm³/mol. The number of aryl methyl sites for hydroxylation is 1. The van der Waals surface area contributed by atoms with Crippen LogP contribution in [0.5, 0.6) is 0 Å². The summed E-state index contributed by atoms with van der Waals surface area (Å²) in [6.45, 7) is 3.14. The van der Waals surface area contributed by atoms with Gasteiger partial charge in [-0.2, -0.15) is 5.10 Å². The number of unbranched alkanes of at least 4 members (excludes halogenated alkanes) is 2. The summed E-state index contributed by atoms with van der Waals surface area (Å²) in [6.07, 6.45) is 7.54. The molecule has 0 spiro atoms. The van der Waals surface area contributed by atoms with Crippen molar-refractivity contribution in [2.75, 3.05) is 13.6 Å². The van der Waals surface area contributed by atoms with E-state index < -0.39 is 0 Å². The van der Waals surface area contributed by atoms with Gasteiger partial charge in [0.05, 0.1) is 0 Å². The summed E-state index contributed by atoms with van der Waals surface area (Å²) in [5.74, 6) is 0. The molecule has 0 saturated carbocycles. The van der Waals surface area contributed by atoms with Crippen molar-refractivity contribution in [3.63, 3.8) is 0 Å². The van der Waals surface area contributed by atoms with Gasteiger partial charge in [0, 0.05) is 25.5 Å². The summed E-state index contributed by atoms with van der Waals surface area (Å²) in [4.78, 5) is 2.43. The van der Waals surface area contributed by atoms with Crippen molar-refractivity contribution in [2.45, 2.75) is 32.4 Å². The summed E-state index contributed by atoms with van der Waals surface area (Å²) in [5.41, 5.74) is 4.03. The minimum atomic E-state index is 0.990. The van der Waals surface area contributed by atoms with E-state index >= 15 is 0 Å². The number of hydrogen-bond donors (Lipinski definition) is 0. The largest absolute Gasteiger partial charge is 0.302 e. The standard InChI is InChI=1S/C22H27N3/c1-24(16-8-3-9-17-25-18-10-15-23-25)19-21-13-6-7-14-22(21)20-11-4-2-5-12-20/h2,4-7,10-15,18H,3,8-9,16-17,19H2,1H3. The Balaban J connectivity index is 1.47. The van der Waals surface area contributed by atoms with Crippen LogP contribution in [0.3, 0.4) is 0 Å². The van der Waals surface area contributed by atoms with Crippen LogP contribution in [0, 0.1) is 0 Å². The fourth-order valence-electron chi connectivity index (χ4n) is 3.19. The molecule has 1 heterocycles. The van der Waals surface area contributed by atoms with E-state index in [0.29, 0.717) is 0 Å². The number of rotatable bonds is 9. The number of aromatic nitrogens is 2. The van der Waals surface area contributed by atoms with Crippen LogP contribution in [0.1, 0.15) is 24.8 Å². The van der Waals surface area contributed by atoms with Gasteiger partial charge < -0.3 is 4.90 Å². The van der Waals surface area contributed by atoms with Gasteiger partial charge in [0.15, 0.2) is 0 Å². The maximum absolute atomic E-state index is 4.25. The van der Waals surface area contributed by atoms with Crippen LogP contribution in [0.25, 0.3) is 11.1 Å². The summed E-state index contributed by atoms with van der Waals surface area (Å²) in [5, 5.41) is 4.25. The summed E-state index contributed by atoms with van der Waals surface area (Å²) < 4.78 is 2.01. The maximum atomic E-state index is 4.25. The van der Waals surface area contributed by atoms with Crippen molar-refractivity contribution in [1.29, 1.82) is 0 Å². The molecule has 0 unspecified atom stereocenters. The summed E-state index contributed by atoms with van der Waals surface area (Å²) in [7, 11) is 2.22. The second-order valence-corrected chi connectivity index (χ2v) is 6.59. The van der Waals surface area contributed by atoms with Crippen LogP contribution in [0.15, 0.2) is 73.1 Å². The average Bonchev–Trinajstić information content (AvgIpc) is 3.16. The quantitative estimate of drug-likeness (QED) is 0.522. The molecular formula is C22H27N3. The molecule has 0 atom stereocenters. The summed E-state index contributed by atoms with van der Waals surface area (Å²) >= 11 is 0. The molecule has 3 nitrogen and oxygen atoms in total. The highest BCUT2D eigenvalue weighted by atomic mass is 15.3. The Morgan fingerprint density at radius 3 is 2.48 bits per heavy atom. The highest BCUT2D eigenvalue weighted by Crippen LogP contribution is 2.24. The molecule has 0 aliphatic heterocycles. The fraction of sp³-hybridized carbons (Fsp3) is 0.318. The molecule has 1 aromatic heterocycles. The Morgan fingerprint density at radius 2 is 1.68 bits per heavy atom. The van der Waals surface area contributed by atoms with Gasteiger partial charge in [-0.3, -0.25) is 4.68 Å². The normalized spacial score (nSPS) is 11.1. The lowest BCUT2D eigenvalue weighted by molar-refractivity contribution is 0.316. The van der Waals surface area contributed by atoms with E-state index in [4.69, 9.17) is 0 Å². The second kappa shape index (κ2) is 9.19. The van der Waals surface area contributed by atoms with Crippen LogP contribution in [-0.2, 0) is 13.1 Å². The number of hydrogen-bond acceptors (Lipinski definition) is 2. The first-order valence-electron chi connectivity index (χ1n) is 9.12. The lowest BCUT2D eigenvalue weighted by atomic mass is 9.99. The Kier molecular flexibility index (Phi) is 6.41. The van der Waals surface area contributed by atoms with Gasteiger partial charge in [0.25, 0.3) is 0 Å². The van der Waals surface area contributed by atoms with E-state index in [1.54, 1.807) is 0 Å². The van der Waals surface area contributed by atoms with E-state index in [1.165, 1.54) is 36.0 Å². The third kappa shape index (κ3) is 5.30. The zero-order valence-electron chi connectivity index (χ0n) is 15.0. The first-order valence-corrected chi connectivity index (χ1v) is 9.12. The smallest absolute Gasteiger partial charge is 0.0489 e. The second-order valence-electron chi connectivity index (χ2n) is 6.59. The predicted octanol–water partition coefficient (Wildman–Crippen LogP) is 4.85. The van der Waals surface area contributed by atoms with E-state index in [0.717, 1.165) is 19.6 Å². The number of nitrogens with zero attached hydrogens (tertiary/aromatic N) is 3. The van der Waals surface area contributed by atoms with Crippen molar-refractivity contribution in [2.24, 2.45) is 0 Å². The highest BCUT2D eigenvalue weighted by Gasteiger charge is 2.07. The summed E-state index contributed by atoms with van der Waals surface area (Å²) in [6, 6.07) is 21.4.